The molecule has 0 bridgehead atoms. The lowest BCUT2D eigenvalue weighted by Crippen LogP contribution is -2.10. The number of hydrogen-bond donors (Lipinski definition) is 1. The average Bonchev–Trinajstić information content (AvgIpc) is 2.87. The molecule has 0 aliphatic heterocycles. The molecule has 20 heavy (non-hydrogen) atoms. The summed E-state index contributed by atoms with van der Waals surface area (Å²) in [4.78, 5) is 16.6. The summed E-state index contributed by atoms with van der Waals surface area (Å²) in [6, 6.07) is 13.6. The van der Waals surface area contributed by atoms with Gasteiger partial charge in [-0.15, -0.1) is 0 Å². The molecule has 0 aliphatic carbocycles. The number of pyridine rings is 1. The van der Waals surface area contributed by atoms with E-state index in [1.54, 1.807) is 13.1 Å². The molecular formula is C16H14N2OS. The molecule has 2 aromatic heterocycles. The number of Topliss-reactive ketones (excluding diaryl/α,β-unsaturated/α-hetero) is 1. The van der Waals surface area contributed by atoms with E-state index in [1.807, 2.05) is 53.2 Å². The van der Waals surface area contributed by atoms with Crippen molar-refractivity contribution in [3.05, 3.63) is 60.4 Å². The first-order valence-electron chi connectivity index (χ1n) is 6.42. The first-order valence-corrected chi connectivity index (χ1v) is 6.94. The van der Waals surface area contributed by atoms with Crippen molar-refractivity contribution in [3.8, 4) is 5.82 Å². The van der Waals surface area contributed by atoms with E-state index in [0.29, 0.717) is 5.56 Å². The summed E-state index contributed by atoms with van der Waals surface area (Å²) < 4.78 is 1.94. The molecule has 0 amide bonds. The molecule has 1 aromatic carbocycles. The number of thiol groups is 1. The Morgan fingerprint density at radius 3 is 2.65 bits per heavy atom. The fraction of sp³-hybridized carbons (Fsp3) is 0.125. The third kappa shape index (κ3) is 2.12. The first-order chi connectivity index (χ1) is 9.68. The van der Waals surface area contributed by atoms with Crippen LogP contribution in [-0.2, 0) is 0 Å². The summed E-state index contributed by atoms with van der Waals surface area (Å²) in [5.41, 5.74) is 1.66. The predicted molar refractivity (Wildman–Crippen MR) is 83.8 cm³/mol. The quantitative estimate of drug-likeness (QED) is 0.589. The van der Waals surface area contributed by atoms with Crippen LogP contribution in [0.3, 0.4) is 0 Å². The standard InChI is InChI=1S/C16H14N2OS/c1-11(20)16(19)13-10-18(15-8-4-5-9-17-15)14-7-3-2-6-12(13)14/h2-11,20H,1H3. The Kier molecular flexibility index (Phi) is 3.32. The summed E-state index contributed by atoms with van der Waals surface area (Å²) in [7, 11) is 0. The maximum Gasteiger partial charge on any atom is 0.177 e. The topological polar surface area (TPSA) is 34.9 Å². The molecule has 3 nitrogen and oxygen atoms in total. The maximum absolute atomic E-state index is 12.3. The van der Waals surface area contributed by atoms with Crippen LogP contribution < -0.4 is 0 Å². The summed E-state index contributed by atoms with van der Waals surface area (Å²) in [6.07, 6.45) is 3.59. The first kappa shape index (κ1) is 12.9. The van der Waals surface area contributed by atoms with Crippen molar-refractivity contribution in [1.29, 1.82) is 0 Å². The van der Waals surface area contributed by atoms with Gasteiger partial charge in [-0.2, -0.15) is 12.6 Å². The molecule has 4 heteroatoms. The summed E-state index contributed by atoms with van der Waals surface area (Å²) in [6.45, 7) is 1.79. The minimum absolute atomic E-state index is 0.0271. The third-order valence-electron chi connectivity index (χ3n) is 3.25. The van der Waals surface area contributed by atoms with Gasteiger partial charge in [0.1, 0.15) is 5.82 Å². The lowest BCUT2D eigenvalue weighted by Gasteiger charge is -2.02. The van der Waals surface area contributed by atoms with Gasteiger partial charge in [0.15, 0.2) is 5.78 Å². The normalized spacial score (nSPS) is 12.5. The molecule has 0 aliphatic rings. The molecule has 0 N–H and O–H groups in total. The Balaban J connectivity index is 2.27. The number of aromatic nitrogens is 2. The zero-order chi connectivity index (χ0) is 14.1. The second-order valence-corrected chi connectivity index (χ2v) is 5.43. The fourth-order valence-corrected chi connectivity index (χ4v) is 2.43. The molecular weight excluding hydrogens is 268 g/mol. The molecule has 0 radical (unpaired) electrons. The van der Waals surface area contributed by atoms with Crippen molar-refractivity contribution < 1.29 is 4.79 Å². The number of fused-ring (bicyclic) bond motifs is 1. The van der Waals surface area contributed by atoms with E-state index in [9.17, 15) is 4.79 Å². The van der Waals surface area contributed by atoms with E-state index >= 15 is 0 Å². The van der Waals surface area contributed by atoms with Gasteiger partial charge in [-0.3, -0.25) is 4.79 Å². The van der Waals surface area contributed by atoms with Crippen LogP contribution in [0.2, 0.25) is 0 Å². The lowest BCUT2D eigenvalue weighted by molar-refractivity contribution is 0.0996. The smallest absolute Gasteiger partial charge is 0.177 e. The number of benzene rings is 1. The molecule has 2 heterocycles. The predicted octanol–water partition coefficient (Wildman–Crippen LogP) is 3.53. The van der Waals surface area contributed by atoms with E-state index in [2.05, 4.69) is 17.6 Å². The molecule has 3 rings (SSSR count). The number of nitrogens with zero attached hydrogens (tertiary/aromatic N) is 2. The van der Waals surface area contributed by atoms with E-state index in [1.165, 1.54) is 0 Å². The minimum atomic E-state index is -0.321. The van der Waals surface area contributed by atoms with Gasteiger partial charge in [-0.1, -0.05) is 24.3 Å². The highest BCUT2D eigenvalue weighted by Gasteiger charge is 2.18. The molecule has 0 fully saturated rings. The van der Waals surface area contributed by atoms with E-state index in [4.69, 9.17) is 0 Å². The van der Waals surface area contributed by atoms with Gasteiger partial charge in [-0.25, -0.2) is 4.98 Å². The van der Waals surface area contributed by atoms with Gasteiger partial charge in [-0.05, 0) is 25.1 Å². The second kappa shape index (κ2) is 5.13. The molecule has 1 atom stereocenters. The van der Waals surface area contributed by atoms with Gasteiger partial charge in [0.2, 0.25) is 0 Å². The van der Waals surface area contributed by atoms with Gasteiger partial charge in [0.05, 0.1) is 10.8 Å². The molecule has 0 spiro atoms. The van der Waals surface area contributed by atoms with E-state index < -0.39 is 0 Å². The zero-order valence-electron chi connectivity index (χ0n) is 11.0. The van der Waals surface area contributed by atoms with Crippen LogP contribution in [0, 0.1) is 0 Å². The van der Waals surface area contributed by atoms with E-state index in [-0.39, 0.29) is 11.0 Å². The SMILES string of the molecule is CC(S)C(=O)c1cn(-c2ccccn2)c2ccccc12. The Labute approximate surface area is 122 Å². The monoisotopic (exact) mass is 282 g/mol. The van der Waals surface area contributed by atoms with Gasteiger partial charge in [0, 0.05) is 23.3 Å². The Bertz CT molecular complexity index is 763. The van der Waals surface area contributed by atoms with Crippen molar-refractivity contribution in [2.24, 2.45) is 0 Å². The van der Waals surface area contributed by atoms with Gasteiger partial charge in [0.25, 0.3) is 0 Å². The summed E-state index contributed by atoms with van der Waals surface area (Å²) >= 11 is 4.25. The van der Waals surface area contributed by atoms with Crippen LogP contribution in [-0.4, -0.2) is 20.6 Å². The van der Waals surface area contributed by atoms with Crippen LogP contribution >= 0.6 is 12.6 Å². The highest BCUT2D eigenvalue weighted by atomic mass is 32.1. The Hall–Kier alpha value is -2.07. The Morgan fingerprint density at radius 2 is 1.95 bits per heavy atom. The van der Waals surface area contributed by atoms with Crippen molar-refractivity contribution in [1.82, 2.24) is 9.55 Å². The number of carbonyl (C=O) groups excluding carboxylic acids is 1. The van der Waals surface area contributed by atoms with Crippen LogP contribution in [0.4, 0.5) is 0 Å². The van der Waals surface area contributed by atoms with Crippen molar-refractivity contribution in [2.45, 2.75) is 12.2 Å². The number of para-hydroxylation sites is 1. The van der Waals surface area contributed by atoms with Gasteiger partial charge >= 0.3 is 0 Å². The highest BCUT2D eigenvalue weighted by molar-refractivity contribution is 7.81. The molecule has 1 unspecified atom stereocenters. The van der Waals surface area contributed by atoms with Crippen molar-refractivity contribution >= 4 is 29.3 Å². The zero-order valence-corrected chi connectivity index (χ0v) is 11.9. The minimum Gasteiger partial charge on any atom is -0.300 e. The van der Waals surface area contributed by atoms with E-state index in [0.717, 1.165) is 16.7 Å². The molecule has 3 aromatic rings. The number of hydrogen-bond acceptors (Lipinski definition) is 3. The number of ketones is 1. The molecule has 0 saturated carbocycles. The van der Waals surface area contributed by atoms with Gasteiger partial charge < -0.3 is 4.57 Å². The summed E-state index contributed by atoms with van der Waals surface area (Å²) in [5.74, 6) is 0.828. The fourth-order valence-electron chi connectivity index (χ4n) is 2.29. The molecule has 0 saturated heterocycles. The Morgan fingerprint density at radius 1 is 1.20 bits per heavy atom. The number of rotatable bonds is 3. The summed E-state index contributed by atoms with van der Waals surface area (Å²) in [5, 5.41) is 0.613. The van der Waals surface area contributed by atoms with Crippen LogP contribution in [0.5, 0.6) is 0 Å². The lowest BCUT2D eigenvalue weighted by atomic mass is 10.1. The average molecular weight is 282 g/mol. The van der Waals surface area contributed by atoms with Crippen molar-refractivity contribution in [2.75, 3.05) is 0 Å². The second-order valence-electron chi connectivity index (χ2n) is 4.66. The van der Waals surface area contributed by atoms with Crippen molar-refractivity contribution in [3.63, 3.8) is 0 Å². The van der Waals surface area contributed by atoms with Crippen LogP contribution in [0.15, 0.2) is 54.9 Å². The highest BCUT2D eigenvalue weighted by Crippen LogP contribution is 2.25. The van der Waals surface area contributed by atoms with Crippen LogP contribution in [0.25, 0.3) is 16.7 Å². The number of carbonyl (C=O) groups is 1. The van der Waals surface area contributed by atoms with Crippen LogP contribution in [0.1, 0.15) is 17.3 Å². The largest absolute Gasteiger partial charge is 0.300 e. The third-order valence-corrected chi connectivity index (χ3v) is 3.49. The molecule has 100 valence electrons. The maximum atomic E-state index is 12.3.